The van der Waals surface area contributed by atoms with Gasteiger partial charge in [0.1, 0.15) is 11.5 Å². The van der Waals surface area contributed by atoms with Crippen LogP contribution in [0.1, 0.15) is 24.1 Å². The molecule has 0 aliphatic carbocycles. The minimum atomic E-state index is -0.286. The van der Waals surface area contributed by atoms with E-state index in [9.17, 15) is 4.79 Å². The van der Waals surface area contributed by atoms with Gasteiger partial charge in [-0.05, 0) is 16.8 Å². The number of oxazole rings is 1. The van der Waals surface area contributed by atoms with Gasteiger partial charge in [0.15, 0.2) is 0 Å². The number of fused-ring (bicyclic) bond motifs is 1. The fourth-order valence-corrected chi connectivity index (χ4v) is 2.67. The van der Waals surface area contributed by atoms with Crippen molar-refractivity contribution in [1.29, 1.82) is 0 Å². The Morgan fingerprint density at radius 1 is 1.16 bits per heavy atom. The van der Waals surface area contributed by atoms with Crippen molar-refractivity contribution in [3.05, 3.63) is 59.8 Å². The fourth-order valence-electron chi connectivity index (χ4n) is 2.67. The molecular formula is C19H21N3O3. The van der Waals surface area contributed by atoms with Crippen molar-refractivity contribution in [2.75, 3.05) is 7.11 Å². The highest BCUT2D eigenvalue weighted by Gasteiger charge is 2.10. The molecule has 0 bridgehead atoms. The van der Waals surface area contributed by atoms with Crippen LogP contribution < -0.4 is 15.4 Å². The number of methoxy groups -OCH3 is 1. The predicted molar refractivity (Wildman–Crippen MR) is 95.5 cm³/mol. The topological polar surface area (TPSA) is 76.4 Å². The van der Waals surface area contributed by atoms with Crippen LogP contribution in [0.3, 0.4) is 0 Å². The normalized spacial score (nSPS) is 10.6. The number of aryl methyl sites for hydroxylation is 1. The molecule has 1 aromatic heterocycles. The first kappa shape index (κ1) is 16.8. The van der Waals surface area contributed by atoms with E-state index in [1.54, 1.807) is 13.3 Å². The van der Waals surface area contributed by atoms with Crippen molar-refractivity contribution in [3.8, 4) is 5.75 Å². The zero-order chi connectivity index (χ0) is 17.6. The standard InChI is InChI=1S/C19H21N3O3/c1-3-14-10-20-18(25-14)12-22-19(23)21-11-16-15-7-5-4-6-13(15)8-9-17(16)24-2/h4-10H,3,11-12H2,1-2H3,(H2,21,22,23). The van der Waals surface area contributed by atoms with Crippen LogP contribution >= 0.6 is 0 Å². The van der Waals surface area contributed by atoms with Crippen LogP contribution in [0.25, 0.3) is 10.8 Å². The van der Waals surface area contributed by atoms with Crippen molar-refractivity contribution in [2.24, 2.45) is 0 Å². The Kier molecular flexibility index (Phi) is 5.18. The molecule has 0 aliphatic heterocycles. The summed E-state index contributed by atoms with van der Waals surface area (Å²) in [6.45, 7) is 2.60. The molecule has 0 atom stereocenters. The number of nitrogens with zero attached hydrogens (tertiary/aromatic N) is 1. The Balaban J connectivity index is 1.64. The molecule has 0 aliphatic rings. The maximum absolute atomic E-state index is 12.1. The Morgan fingerprint density at radius 2 is 1.96 bits per heavy atom. The molecular weight excluding hydrogens is 318 g/mol. The van der Waals surface area contributed by atoms with Crippen LogP contribution in [0.4, 0.5) is 4.79 Å². The average Bonchev–Trinajstić information content (AvgIpc) is 3.12. The minimum absolute atomic E-state index is 0.249. The molecule has 0 saturated carbocycles. The van der Waals surface area contributed by atoms with Gasteiger partial charge in [-0.15, -0.1) is 0 Å². The van der Waals surface area contributed by atoms with Gasteiger partial charge in [-0.25, -0.2) is 9.78 Å². The first-order valence-electron chi connectivity index (χ1n) is 8.21. The van der Waals surface area contributed by atoms with Gasteiger partial charge in [-0.2, -0.15) is 0 Å². The number of aromatic nitrogens is 1. The third-order valence-corrected chi connectivity index (χ3v) is 3.99. The molecule has 2 amide bonds. The van der Waals surface area contributed by atoms with Crippen LogP contribution in [0.2, 0.25) is 0 Å². The zero-order valence-corrected chi connectivity index (χ0v) is 14.3. The summed E-state index contributed by atoms with van der Waals surface area (Å²) in [5.74, 6) is 2.05. The first-order chi connectivity index (χ1) is 12.2. The highest BCUT2D eigenvalue weighted by molar-refractivity contribution is 5.88. The van der Waals surface area contributed by atoms with E-state index in [1.165, 1.54) is 0 Å². The maximum Gasteiger partial charge on any atom is 0.315 e. The molecule has 0 saturated heterocycles. The van der Waals surface area contributed by atoms with Crippen molar-refractivity contribution in [1.82, 2.24) is 15.6 Å². The summed E-state index contributed by atoms with van der Waals surface area (Å²) < 4.78 is 10.9. The second-order valence-corrected chi connectivity index (χ2v) is 5.58. The molecule has 2 aromatic carbocycles. The van der Waals surface area contributed by atoms with Crippen molar-refractivity contribution in [3.63, 3.8) is 0 Å². The Labute approximate surface area is 146 Å². The van der Waals surface area contributed by atoms with E-state index in [-0.39, 0.29) is 12.6 Å². The molecule has 130 valence electrons. The van der Waals surface area contributed by atoms with E-state index in [2.05, 4.69) is 15.6 Å². The van der Waals surface area contributed by atoms with Crippen LogP contribution in [0, 0.1) is 0 Å². The smallest absolute Gasteiger partial charge is 0.315 e. The Hall–Kier alpha value is -3.02. The van der Waals surface area contributed by atoms with E-state index in [0.29, 0.717) is 12.4 Å². The quantitative estimate of drug-likeness (QED) is 0.722. The molecule has 0 radical (unpaired) electrons. The van der Waals surface area contributed by atoms with Gasteiger partial charge in [0.05, 0.1) is 19.9 Å². The van der Waals surface area contributed by atoms with Gasteiger partial charge in [0.2, 0.25) is 5.89 Å². The van der Waals surface area contributed by atoms with Gasteiger partial charge >= 0.3 is 6.03 Å². The summed E-state index contributed by atoms with van der Waals surface area (Å²) in [6.07, 6.45) is 2.45. The lowest BCUT2D eigenvalue weighted by Crippen LogP contribution is -2.34. The molecule has 3 aromatic rings. The second-order valence-electron chi connectivity index (χ2n) is 5.58. The third-order valence-electron chi connectivity index (χ3n) is 3.99. The van der Waals surface area contributed by atoms with Crippen molar-refractivity contribution in [2.45, 2.75) is 26.4 Å². The van der Waals surface area contributed by atoms with Crippen LogP contribution in [0.5, 0.6) is 5.75 Å². The molecule has 0 spiro atoms. The summed E-state index contributed by atoms with van der Waals surface area (Å²) in [4.78, 5) is 16.2. The van der Waals surface area contributed by atoms with E-state index in [4.69, 9.17) is 9.15 Å². The van der Waals surface area contributed by atoms with Crippen LogP contribution in [-0.4, -0.2) is 18.1 Å². The summed E-state index contributed by atoms with van der Waals surface area (Å²) in [5, 5.41) is 7.76. The monoisotopic (exact) mass is 339 g/mol. The number of carbonyl (C=O) groups is 1. The second kappa shape index (κ2) is 7.70. The summed E-state index contributed by atoms with van der Waals surface area (Å²) in [6, 6.07) is 11.6. The molecule has 6 nitrogen and oxygen atoms in total. The molecule has 3 rings (SSSR count). The number of hydrogen-bond donors (Lipinski definition) is 2. The number of ether oxygens (including phenoxy) is 1. The number of benzene rings is 2. The lowest BCUT2D eigenvalue weighted by Gasteiger charge is -2.13. The number of nitrogens with one attached hydrogen (secondary N) is 2. The first-order valence-corrected chi connectivity index (χ1v) is 8.21. The summed E-state index contributed by atoms with van der Waals surface area (Å²) >= 11 is 0. The maximum atomic E-state index is 12.1. The number of rotatable bonds is 6. The molecule has 0 fully saturated rings. The number of carbonyl (C=O) groups excluding carboxylic acids is 1. The molecule has 6 heteroatoms. The minimum Gasteiger partial charge on any atom is -0.496 e. The van der Waals surface area contributed by atoms with Crippen LogP contribution in [-0.2, 0) is 19.5 Å². The van der Waals surface area contributed by atoms with Gasteiger partial charge < -0.3 is 19.8 Å². The van der Waals surface area contributed by atoms with Gasteiger partial charge in [0.25, 0.3) is 0 Å². The molecule has 2 N–H and O–H groups in total. The van der Waals surface area contributed by atoms with E-state index in [1.807, 2.05) is 43.3 Å². The molecule has 1 heterocycles. The summed E-state index contributed by atoms with van der Waals surface area (Å²) in [7, 11) is 1.63. The SMILES string of the molecule is CCc1cnc(CNC(=O)NCc2c(OC)ccc3ccccc23)o1. The Morgan fingerprint density at radius 3 is 2.72 bits per heavy atom. The molecule has 25 heavy (non-hydrogen) atoms. The molecule has 0 unspecified atom stereocenters. The zero-order valence-electron chi connectivity index (χ0n) is 14.3. The number of urea groups is 1. The van der Waals surface area contributed by atoms with Gasteiger partial charge in [-0.3, -0.25) is 0 Å². The third kappa shape index (κ3) is 3.91. The van der Waals surface area contributed by atoms with Crippen molar-refractivity contribution < 1.29 is 13.9 Å². The lowest BCUT2D eigenvalue weighted by molar-refractivity contribution is 0.238. The highest BCUT2D eigenvalue weighted by Crippen LogP contribution is 2.27. The van der Waals surface area contributed by atoms with Crippen LogP contribution in [0.15, 0.2) is 47.0 Å². The van der Waals surface area contributed by atoms with Gasteiger partial charge in [-0.1, -0.05) is 37.3 Å². The van der Waals surface area contributed by atoms with Crippen molar-refractivity contribution >= 4 is 16.8 Å². The lowest BCUT2D eigenvalue weighted by atomic mass is 10.0. The number of hydrogen-bond acceptors (Lipinski definition) is 4. The van der Waals surface area contributed by atoms with E-state index < -0.39 is 0 Å². The predicted octanol–water partition coefficient (Wildman–Crippen LogP) is 3.40. The highest BCUT2D eigenvalue weighted by atomic mass is 16.5. The number of amides is 2. The van der Waals surface area contributed by atoms with E-state index >= 15 is 0 Å². The Bertz CT molecular complexity index is 873. The average molecular weight is 339 g/mol. The van der Waals surface area contributed by atoms with E-state index in [0.717, 1.165) is 34.3 Å². The largest absolute Gasteiger partial charge is 0.496 e. The van der Waals surface area contributed by atoms with Gasteiger partial charge in [0, 0.05) is 18.5 Å². The fraction of sp³-hybridized carbons (Fsp3) is 0.263. The summed E-state index contributed by atoms with van der Waals surface area (Å²) in [5.41, 5.74) is 0.945.